The zero-order valence-electron chi connectivity index (χ0n) is 6.30. The molecule has 0 saturated heterocycles. The molecule has 0 aromatic carbocycles. The summed E-state index contributed by atoms with van der Waals surface area (Å²) in [5, 5.41) is 18.4. The van der Waals surface area contributed by atoms with Crippen LogP contribution in [0, 0.1) is 10.1 Å². The van der Waals surface area contributed by atoms with Gasteiger partial charge in [-0.15, -0.1) is 0 Å². The van der Waals surface area contributed by atoms with Crippen molar-refractivity contribution in [1.82, 2.24) is 10.5 Å². The summed E-state index contributed by atoms with van der Waals surface area (Å²) in [5.41, 5.74) is 1.33. The lowest BCUT2D eigenvalue weighted by atomic mass is 10.2. The largest absolute Gasteiger partial charge is 0.364 e. The number of amides is 1. The van der Waals surface area contributed by atoms with Crippen molar-refractivity contribution in [2.45, 2.75) is 0 Å². The van der Waals surface area contributed by atoms with Crippen molar-refractivity contribution in [1.29, 1.82) is 0 Å². The number of nitro groups is 1. The zero-order chi connectivity index (χ0) is 9.84. The molecule has 68 valence electrons. The zero-order valence-corrected chi connectivity index (χ0v) is 6.30. The van der Waals surface area contributed by atoms with Gasteiger partial charge in [0, 0.05) is 6.07 Å². The maximum absolute atomic E-state index is 10.8. The number of nitrogens with one attached hydrogen (secondary N) is 1. The number of hydrogen-bond acceptors (Lipinski definition) is 5. The van der Waals surface area contributed by atoms with E-state index in [9.17, 15) is 14.9 Å². The van der Waals surface area contributed by atoms with Gasteiger partial charge in [-0.1, -0.05) is 0 Å². The standard InChI is InChI=1S/C6H5N3O4/c10-6(8-11)4-1-2-7-5(3-4)9(12)13/h1-3,11H,(H,8,10). The van der Waals surface area contributed by atoms with E-state index in [0.717, 1.165) is 12.3 Å². The molecule has 0 bridgehead atoms. The lowest BCUT2D eigenvalue weighted by Gasteiger charge is -1.96. The molecule has 0 aliphatic heterocycles. The lowest BCUT2D eigenvalue weighted by molar-refractivity contribution is -0.389. The Balaban J connectivity index is 3.05. The molecule has 0 aliphatic rings. The summed E-state index contributed by atoms with van der Waals surface area (Å²) >= 11 is 0. The fourth-order valence-corrected chi connectivity index (χ4v) is 0.724. The number of carbonyl (C=O) groups excluding carboxylic acids is 1. The third-order valence-corrected chi connectivity index (χ3v) is 1.30. The minimum atomic E-state index is -0.814. The molecule has 0 fully saturated rings. The third kappa shape index (κ3) is 1.97. The van der Waals surface area contributed by atoms with E-state index in [2.05, 4.69) is 4.98 Å². The van der Waals surface area contributed by atoms with Crippen LogP contribution < -0.4 is 5.48 Å². The Kier molecular flexibility index (Phi) is 2.50. The molecule has 0 radical (unpaired) electrons. The normalized spacial score (nSPS) is 9.31. The quantitative estimate of drug-likeness (QED) is 0.384. The number of hydrogen-bond donors (Lipinski definition) is 2. The van der Waals surface area contributed by atoms with Crippen LogP contribution in [0.15, 0.2) is 18.3 Å². The first kappa shape index (κ1) is 9.07. The van der Waals surface area contributed by atoms with E-state index in [1.807, 2.05) is 0 Å². The Hall–Kier alpha value is -2.02. The molecule has 0 atom stereocenters. The predicted molar refractivity (Wildman–Crippen MR) is 40.1 cm³/mol. The maximum Gasteiger partial charge on any atom is 0.364 e. The van der Waals surface area contributed by atoms with Crippen molar-refractivity contribution in [2.24, 2.45) is 0 Å². The molecular formula is C6H5N3O4. The van der Waals surface area contributed by atoms with Gasteiger partial charge in [0.2, 0.25) is 0 Å². The van der Waals surface area contributed by atoms with Crippen LogP contribution in [-0.4, -0.2) is 21.0 Å². The van der Waals surface area contributed by atoms with Gasteiger partial charge in [0.25, 0.3) is 5.91 Å². The molecule has 1 heterocycles. The highest BCUT2D eigenvalue weighted by Gasteiger charge is 2.11. The molecule has 1 rings (SSSR count). The van der Waals surface area contributed by atoms with Gasteiger partial charge in [-0.05, 0) is 16.0 Å². The second-order valence-electron chi connectivity index (χ2n) is 2.10. The SMILES string of the molecule is O=C(NO)c1ccnc([N+](=O)[O-])c1. The summed E-state index contributed by atoms with van der Waals surface area (Å²) in [6.07, 6.45) is 1.11. The van der Waals surface area contributed by atoms with Gasteiger partial charge in [0.1, 0.15) is 6.20 Å². The van der Waals surface area contributed by atoms with Crippen molar-refractivity contribution in [2.75, 3.05) is 0 Å². The van der Waals surface area contributed by atoms with Crippen molar-refractivity contribution in [3.05, 3.63) is 34.0 Å². The first-order chi connectivity index (χ1) is 6.15. The molecule has 7 nitrogen and oxygen atoms in total. The summed E-state index contributed by atoms with van der Waals surface area (Å²) < 4.78 is 0. The van der Waals surface area contributed by atoms with Crippen LogP contribution in [0.1, 0.15) is 10.4 Å². The van der Waals surface area contributed by atoms with Crippen LogP contribution in [0.2, 0.25) is 0 Å². The maximum atomic E-state index is 10.8. The highest BCUT2D eigenvalue weighted by atomic mass is 16.6. The van der Waals surface area contributed by atoms with Crippen LogP contribution >= 0.6 is 0 Å². The number of rotatable bonds is 2. The summed E-state index contributed by atoms with van der Waals surface area (Å²) in [5.74, 6) is -1.26. The molecule has 1 aromatic rings. The minimum absolute atomic E-state index is 0.0239. The first-order valence-corrected chi connectivity index (χ1v) is 3.20. The van der Waals surface area contributed by atoms with Crippen LogP contribution in [0.5, 0.6) is 0 Å². The molecular weight excluding hydrogens is 178 g/mol. The Labute approximate surface area is 72.1 Å². The van der Waals surface area contributed by atoms with E-state index in [1.54, 1.807) is 0 Å². The molecule has 0 aliphatic carbocycles. The van der Waals surface area contributed by atoms with Gasteiger partial charge < -0.3 is 10.1 Å². The van der Waals surface area contributed by atoms with Crippen LogP contribution in [0.25, 0.3) is 0 Å². The van der Waals surface area contributed by atoms with Gasteiger partial charge in [-0.3, -0.25) is 10.0 Å². The van der Waals surface area contributed by atoms with Gasteiger partial charge in [0.05, 0.1) is 5.56 Å². The number of pyridine rings is 1. The molecule has 0 saturated carbocycles. The molecule has 0 unspecified atom stereocenters. The summed E-state index contributed by atoms with van der Waals surface area (Å²) in [4.78, 5) is 23.7. The summed E-state index contributed by atoms with van der Waals surface area (Å²) in [7, 11) is 0. The van der Waals surface area contributed by atoms with Crippen LogP contribution in [-0.2, 0) is 0 Å². The lowest BCUT2D eigenvalue weighted by Crippen LogP contribution is -2.18. The number of aromatic nitrogens is 1. The Morgan fingerprint density at radius 1 is 1.69 bits per heavy atom. The van der Waals surface area contributed by atoms with E-state index in [-0.39, 0.29) is 5.56 Å². The van der Waals surface area contributed by atoms with E-state index in [4.69, 9.17) is 5.21 Å². The van der Waals surface area contributed by atoms with Crippen molar-refractivity contribution < 1.29 is 14.9 Å². The van der Waals surface area contributed by atoms with Gasteiger partial charge in [-0.25, -0.2) is 5.48 Å². The molecule has 13 heavy (non-hydrogen) atoms. The highest BCUT2D eigenvalue weighted by molar-refractivity contribution is 5.93. The molecule has 2 N–H and O–H groups in total. The van der Waals surface area contributed by atoms with Gasteiger partial charge in [-0.2, -0.15) is 0 Å². The molecule has 1 aromatic heterocycles. The third-order valence-electron chi connectivity index (χ3n) is 1.30. The Bertz CT molecular complexity index is 351. The monoisotopic (exact) mass is 183 g/mol. The Morgan fingerprint density at radius 3 is 2.92 bits per heavy atom. The minimum Gasteiger partial charge on any atom is -0.358 e. The fourth-order valence-electron chi connectivity index (χ4n) is 0.724. The first-order valence-electron chi connectivity index (χ1n) is 3.20. The average molecular weight is 183 g/mol. The second kappa shape index (κ2) is 3.59. The van der Waals surface area contributed by atoms with Crippen LogP contribution in [0.4, 0.5) is 5.82 Å². The van der Waals surface area contributed by atoms with Crippen molar-refractivity contribution in [3.8, 4) is 0 Å². The Morgan fingerprint density at radius 2 is 2.38 bits per heavy atom. The van der Waals surface area contributed by atoms with E-state index < -0.39 is 16.6 Å². The van der Waals surface area contributed by atoms with E-state index in [0.29, 0.717) is 0 Å². The molecule has 0 spiro atoms. The van der Waals surface area contributed by atoms with Gasteiger partial charge in [0.15, 0.2) is 0 Å². The van der Waals surface area contributed by atoms with Crippen LogP contribution in [0.3, 0.4) is 0 Å². The van der Waals surface area contributed by atoms with E-state index in [1.165, 1.54) is 11.5 Å². The topological polar surface area (TPSA) is 105 Å². The predicted octanol–water partition coefficient (Wildman–Crippen LogP) is 0.109. The number of carbonyl (C=O) groups is 1. The highest BCUT2D eigenvalue weighted by Crippen LogP contribution is 2.08. The second-order valence-corrected chi connectivity index (χ2v) is 2.10. The average Bonchev–Trinajstić information content (AvgIpc) is 2.17. The van der Waals surface area contributed by atoms with Gasteiger partial charge >= 0.3 is 5.82 Å². The number of hydroxylamine groups is 1. The fraction of sp³-hybridized carbons (Fsp3) is 0. The summed E-state index contributed by atoms with van der Waals surface area (Å²) in [6, 6.07) is 2.21. The van der Waals surface area contributed by atoms with Crippen molar-refractivity contribution in [3.63, 3.8) is 0 Å². The van der Waals surface area contributed by atoms with E-state index >= 15 is 0 Å². The summed E-state index contributed by atoms with van der Waals surface area (Å²) in [6.45, 7) is 0. The molecule has 1 amide bonds. The number of nitrogens with zero attached hydrogens (tertiary/aromatic N) is 2. The van der Waals surface area contributed by atoms with Crippen molar-refractivity contribution >= 4 is 11.7 Å². The molecule has 7 heteroatoms. The smallest absolute Gasteiger partial charge is 0.358 e.